The number of H-pyrrole nitrogens is 1. The molecule has 1 atom stereocenters. The average Bonchev–Trinajstić information content (AvgIpc) is 2.67. The van der Waals surface area contributed by atoms with Crippen molar-refractivity contribution >= 4 is 11.8 Å². The van der Waals surface area contributed by atoms with Crippen LogP contribution in [0.1, 0.15) is 16.8 Å². The summed E-state index contributed by atoms with van der Waals surface area (Å²) in [6.45, 7) is 0.473. The molecule has 0 radical (unpaired) electrons. The topological polar surface area (TPSA) is 115 Å². The number of primary amides is 1. The van der Waals surface area contributed by atoms with Crippen LogP contribution in [-0.4, -0.2) is 53.6 Å². The van der Waals surface area contributed by atoms with Gasteiger partial charge in [0, 0.05) is 24.4 Å². The lowest BCUT2D eigenvalue weighted by Crippen LogP contribution is -2.58. The number of hydrogen-bond acceptors (Lipinski definition) is 5. The number of carbonyl (C=O) groups excluding carboxylic acids is 2. The fourth-order valence-corrected chi connectivity index (χ4v) is 3.09. The summed E-state index contributed by atoms with van der Waals surface area (Å²) in [6, 6.07) is 8.12. The highest BCUT2D eigenvalue weighted by Gasteiger charge is 2.41. The number of rotatable bonds is 6. The van der Waals surface area contributed by atoms with Gasteiger partial charge in [0.05, 0.1) is 19.6 Å². The van der Waals surface area contributed by atoms with E-state index in [1.165, 1.54) is 47.5 Å². The van der Waals surface area contributed by atoms with Crippen LogP contribution in [0.2, 0.25) is 0 Å². The van der Waals surface area contributed by atoms with Gasteiger partial charge in [0.15, 0.2) is 0 Å². The highest BCUT2D eigenvalue weighted by molar-refractivity contribution is 5.94. The van der Waals surface area contributed by atoms with Crippen molar-refractivity contribution < 1.29 is 23.5 Å². The number of amides is 2. The summed E-state index contributed by atoms with van der Waals surface area (Å²) in [5.41, 5.74) is 4.08. The molecule has 1 aromatic carbocycles. The molecule has 2 heterocycles. The van der Waals surface area contributed by atoms with Crippen LogP contribution in [-0.2, 0) is 9.53 Å². The highest BCUT2D eigenvalue weighted by Crippen LogP contribution is 2.25. The molecule has 3 rings (SSSR count). The zero-order valence-corrected chi connectivity index (χ0v) is 15.0. The third-order valence-electron chi connectivity index (χ3n) is 4.37. The minimum Gasteiger partial charge on any atom is -0.490 e. The number of aromatic amines is 1. The SMILES string of the molecule is NC(=O)CC1(COc2ccc(F)cc2)CN(C(=O)c2cc[nH]c(=O)c2)CCO1. The monoisotopic (exact) mass is 389 g/mol. The van der Waals surface area contributed by atoms with E-state index in [9.17, 15) is 18.8 Å². The first-order chi connectivity index (χ1) is 13.4. The van der Waals surface area contributed by atoms with Crippen LogP contribution < -0.4 is 16.0 Å². The Hall–Kier alpha value is -3.20. The fourth-order valence-electron chi connectivity index (χ4n) is 3.09. The molecule has 9 heteroatoms. The number of nitrogens with two attached hydrogens (primary N) is 1. The minimum absolute atomic E-state index is 0.0548. The van der Waals surface area contributed by atoms with Gasteiger partial charge in [-0.1, -0.05) is 0 Å². The van der Waals surface area contributed by atoms with Crippen LogP contribution in [0.3, 0.4) is 0 Å². The lowest BCUT2D eigenvalue weighted by atomic mass is 9.97. The maximum atomic E-state index is 13.0. The Morgan fingerprint density at radius 1 is 1.29 bits per heavy atom. The quantitative estimate of drug-likeness (QED) is 0.754. The molecule has 1 aliphatic rings. The van der Waals surface area contributed by atoms with Crippen molar-refractivity contribution in [1.29, 1.82) is 0 Å². The van der Waals surface area contributed by atoms with Crippen LogP contribution in [0, 0.1) is 5.82 Å². The number of morpholine rings is 1. The summed E-state index contributed by atoms with van der Waals surface area (Å²) in [4.78, 5) is 39.8. The molecule has 0 saturated carbocycles. The second-order valence-electron chi connectivity index (χ2n) is 6.59. The van der Waals surface area contributed by atoms with Crippen LogP contribution in [0.4, 0.5) is 4.39 Å². The van der Waals surface area contributed by atoms with Crippen molar-refractivity contribution in [3.63, 3.8) is 0 Å². The van der Waals surface area contributed by atoms with Crippen molar-refractivity contribution in [3.05, 3.63) is 64.3 Å². The number of aromatic nitrogens is 1. The van der Waals surface area contributed by atoms with Crippen molar-refractivity contribution in [3.8, 4) is 5.75 Å². The molecule has 1 fully saturated rings. The third-order valence-corrected chi connectivity index (χ3v) is 4.37. The predicted octanol–water partition coefficient (Wildman–Crippen LogP) is 0.680. The van der Waals surface area contributed by atoms with E-state index < -0.39 is 17.3 Å². The molecule has 1 unspecified atom stereocenters. The molecule has 2 amide bonds. The standard InChI is InChI=1S/C19H20FN3O5/c20-14-1-3-15(4-2-14)27-12-19(10-16(21)24)11-23(7-8-28-19)18(26)13-5-6-22-17(25)9-13/h1-6,9H,7-8,10-12H2,(H2,21,24)(H,22,25). The van der Waals surface area contributed by atoms with Crippen LogP contribution in [0.5, 0.6) is 5.75 Å². The molecule has 1 aliphatic heterocycles. The molecule has 1 saturated heterocycles. The summed E-state index contributed by atoms with van der Waals surface area (Å²) in [6.07, 6.45) is 1.23. The smallest absolute Gasteiger partial charge is 0.254 e. The van der Waals surface area contributed by atoms with E-state index in [4.69, 9.17) is 15.2 Å². The second-order valence-corrected chi connectivity index (χ2v) is 6.59. The zero-order chi connectivity index (χ0) is 20.1. The van der Waals surface area contributed by atoms with E-state index in [0.29, 0.717) is 12.3 Å². The summed E-state index contributed by atoms with van der Waals surface area (Å²) in [5, 5.41) is 0. The van der Waals surface area contributed by atoms with Gasteiger partial charge in [-0.15, -0.1) is 0 Å². The third kappa shape index (κ3) is 4.74. The normalized spacial score (nSPS) is 19.2. The number of hydrogen-bond donors (Lipinski definition) is 2. The molecule has 2 aromatic rings. The highest BCUT2D eigenvalue weighted by atomic mass is 19.1. The molecule has 0 bridgehead atoms. The average molecular weight is 389 g/mol. The van der Waals surface area contributed by atoms with Crippen LogP contribution in [0.15, 0.2) is 47.4 Å². The summed E-state index contributed by atoms with van der Waals surface area (Å²) >= 11 is 0. The largest absolute Gasteiger partial charge is 0.490 e. The summed E-state index contributed by atoms with van der Waals surface area (Å²) in [5.74, 6) is -0.965. The van der Waals surface area contributed by atoms with E-state index in [1.807, 2.05) is 0 Å². The van der Waals surface area contributed by atoms with Gasteiger partial charge >= 0.3 is 0 Å². The predicted molar refractivity (Wildman–Crippen MR) is 97.4 cm³/mol. The van der Waals surface area contributed by atoms with Gasteiger partial charge in [-0.25, -0.2) is 4.39 Å². The number of nitrogens with one attached hydrogen (secondary N) is 1. The first-order valence-corrected chi connectivity index (χ1v) is 8.66. The summed E-state index contributed by atoms with van der Waals surface area (Å²) in [7, 11) is 0. The van der Waals surface area contributed by atoms with Crippen molar-refractivity contribution in [2.45, 2.75) is 12.0 Å². The second kappa shape index (κ2) is 8.22. The maximum Gasteiger partial charge on any atom is 0.254 e. The Balaban J connectivity index is 1.77. The molecule has 0 aliphatic carbocycles. The number of nitrogens with zero attached hydrogens (tertiary/aromatic N) is 1. The van der Waals surface area contributed by atoms with E-state index in [0.717, 1.165) is 0 Å². The number of halogens is 1. The van der Waals surface area contributed by atoms with Crippen LogP contribution in [0.25, 0.3) is 0 Å². The molecular formula is C19H20FN3O5. The van der Waals surface area contributed by atoms with Crippen molar-refractivity contribution in [1.82, 2.24) is 9.88 Å². The molecule has 3 N–H and O–H groups in total. The fraction of sp³-hybridized carbons (Fsp3) is 0.316. The minimum atomic E-state index is -1.14. The van der Waals surface area contributed by atoms with Gasteiger partial charge in [0.25, 0.3) is 5.91 Å². The molecule has 148 valence electrons. The van der Waals surface area contributed by atoms with Crippen molar-refractivity contribution in [2.75, 3.05) is 26.3 Å². The van der Waals surface area contributed by atoms with Gasteiger partial charge in [0.1, 0.15) is 23.8 Å². The molecule has 8 nitrogen and oxygen atoms in total. The Bertz CT molecular complexity index is 914. The van der Waals surface area contributed by atoms with E-state index in [1.54, 1.807) is 0 Å². The van der Waals surface area contributed by atoms with Gasteiger partial charge in [0.2, 0.25) is 11.5 Å². The van der Waals surface area contributed by atoms with E-state index in [-0.39, 0.29) is 43.2 Å². The van der Waals surface area contributed by atoms with Crippen LogP contribution >= 0.6 is 0 Å². The zero-order valence-electron chi connectivity index (χ0n) is 15.0. The molecular weight excluding hydrogens is 369 g/mol. The Kier molecular flexibility index (Phi) is 5.74. The van der Waals surface area contributed by atoms with E-state index in [2.05, 4.69) is 4.98 Å². The Morgan fingerprint density at radius 3 is 2.71 bits per heavy atom. The number of ether oxygens (including phenoxy) is 2. The van der Waals surface area contributed by atoms with Gasteiger partial charge in [-0.05, 0) is 30.3 Å². The van der Waals surface area contributed by atoms with Gasteiger partial charge in [-0.3, -0.25) is 14.4 Å². The van der Waals surface area contributed by atoms with E-state index >= 15 is 0 Å². The molecule has 28 heavy (non-hydrogen) atoms. The Labute approximate surface area is 160 Å². The lowest BCUT2D eigenvalue weighted by molar-refractivity contribution is -0.142. The first-order valence-electron chi connectivity index (χ1n) is 8.66. The number of carbonyl (C=O) groups is 2. The maximum absolute atomic E-state index is 13.0. The molecule has 0 spiro atoms. The first kappa shape index (κ1) is 19.6. The Morgan fingerprint density at radius 2 is 2.04 bits per heavy atom. The van der Waals surface area contributed by atoms with Gasteiger partial charge < -0.3 is 25.1 Å². The van der Waals surface area contributed by atoms with Gasteiger partial charge in [-0.2, -0.15) is 0 Å². The summed E-state index contributed by atoms with van der Waals surface area (Å²) < 4.78 is 24.5. The molecule has 1 aromatic heterocycles. The number of pyridine rings is 1. The lowest BCUT2D eigenvalue weighted by Gasteiger charge is -2.41. The number of benzene rings is 1. The van der Waals surface area contributed by atoms with Crippen molar-refractivity contribution in [2.24, 2.45) is 5.73 Å².